The lowest BCUT2D eigenvalue weighted by molar-refractivity contribution is 0.669. The molecule has 0 aliphatic rings. The summed E-state index contributed by atoms with van der Waals surface area (Å²) in [6.45, 7) is 2.13. The van der Waals surface area contributed by atoms with Crippen LogP contribution in [0.3, 0.4) is 0 Å². The Morgan fingerprint density at radius 2 is 1.00 bits per heavy atom. The van der Waals surface area contributed by atoms with Crippen molar-refractivity contribution in [2.75, 3.05) is 0 Å². The van der Waals surface area contributed by atoms with Crippen molar-refractivity contribution in [3.05, 3.63) is 176 Å². The van der Waals surface area contributed by atoms with E-state index in [1.54, 1.807) is 0 Å². The molecule has 4 heteroatoms. The fraction of sp³-hybridized carbons (Fsp3) is 0.0208. The third-order valence-electron chi connectivity index (χ3n) is 10.7. The molecule has 4 aromatic heterocycles. The minimum absolute atomic E-state index is 0.892. The molecule has 0 N–H and O–H groups in total. The first-order chi connectivity index (χ1) is 25.7. The molecule has 11 aromatic rings. The number of aryl methyl sites for hydroxylation is 1. The van der Waals surface area contributed by atoms with Crippen LogP contribution in [0.1, 0.15) is 5.56 Å². The summed E-state index contributed by atoms with van der Waals surface area (Å²) < 4.78 is 11.0. The van der Waals surface area contributed by atoms with Crippen LogP contribution in [0.25, 0.3) is 99.3 Å². The monoisotopic (exact) mass is 665 g/mol. The Bertz CT molecular complexity index is 3160. The summed E-state index contributed by atoms with van der Waals surface area (Å²) in [5, 5.41) is 7.18. The largest absolute Gasteiger partial charge is 0.456 e. The van der Waals surface area contributed by atoms with Gasteiger partial charge in [-0.2, -0.15) is 0 Å². The molecule has 0 amide bonds. The average molecular weight is 666 g/mol. The first-order valence-electron chi connectivity index (χ1n) is 17.7. The fourth-order valence-corrected chi connectivity index (χ4v) is 8.32. The summed E-state index contributed by atoms with van der Waals surface area (Å²) in [4.78, 5) is 4.88. The molecule has 0 atom stereocenters. The van der Waals surface area contributed by atoms with Crippen LogP contribution in [-0.2, 0) is 0 Å². The molecule has 4 heterocycles. The van der Waals surface area contributed by atoms with Gasteiger partial charge >= 0.3 is 0 Å². The maximum Gasteiger partial charge on any atom is 0.135 e. The first-order valence-corrected chi connectivity index (χ1v) is 17.7. The summed E-state index contributed by atoms with van der Waals surface area (Å²) in [5.74, 6) is 0. The van der Waals surface area contributed by atoms with Crippen molar-refractivity contribution in [2.24, 2.45) is 0 Å². The van der Waals surface area contributed by atoms with E-state index >= 15 is 0 Å². The molecule has 0 saturated heterocycles. The molecule has 0 saturated carbocycles. The molecule has 0 aliphatic heterocycles. The van der Waals surface area contributed by atoms with Crippen LogP contribution in [-0.4, -0.2) is 14.1 Å². The Morgan fingerprint density at radius 1 is 0.404 bits per heavy atom. The highest BCUT2D eigenvalue weighted by Crippen LogP contribution is 2.40. The quantitative estimate of drug-likeness (QED) is 0.188. The van der Waals surface area contributed by atoms with Crippen LogP contribution in [0.15, 0.2) is 174 Å². The van der Waals surface area contributed by atoms with Crippen molar-refractivity contribution < 1.29 is 4.42 Å². The lowest BCUT2D eigenvalue weighted by Crippen LogP contribution is -1.98. The van der Waals surface area contributed by atoms with Crippen LogP contribution in [0.2, 0.25) is 0 Å². The molecule has 0 bridgehead atoms. The minimum Gasteiger partial charge on any atom is -0.456 e. The van der Waals surface area contributed by atoms with Gasteiger partial charge in [-0.15, -0.1) is 0 Å². The number of nitrogens with zero attached hydrogens (tertiary/aromatic N) is 3. The van der Waals surface area contributed by atoms with Gasteiger partial charge in [-0.25, -0.2) is 0 Å². The summed E-state index contributed by atoms with van der Waals surface area (Å²) >= 11 is 0. The predicted octanol–water partition coefficient (Wildman–Crippen LogP) is 12.8. The molecular formula is C48H31N3O. The van der Waals surface area contributed by atoms with Crippen molar-refractivity contribution in [1.82, 2.24) is 14.1 Å². The number of hydrogen-bond acceptors (Lipinski definition) is 2. The number of aromatic nitrogens is 3. The van der Waals surface area contributed by atoms with Crippen LogP contribution in [0.4, 0.5) is 0 Å². The van der Waals surface area contributed by atoms with E-state index in [1.807, 2.05) is 24.4 Å². The Balaban J connectivity index is 1.17. The Hall–Kier alpha value is -6.91. The predicted molar refractivity (Wildman–Crippen MR) is 216 cm³/mol. The Kier molecular flexibility index (Phi) is 6.13. The number of benzene rings is 7. The van der Waals surface area contributed by atoms with E-state index in [4.69, 9.17) is 9.40 Å². The molecule has 7 aromatic carbocycles. The van der Waals surface area contributed by atoms with Gasteiger partial charge in [0.05, 0.1) is 27.8 Å². The smallest absolute Gasteiger partial charge is 0.135 e. The highest BCUT2D eigenvalue weighted by molar-refractivity contribution is 6.12. The summed E-state index contributed by atoms with van der Waals surface area (Å²) in [5.41, 5.74) is 14.2. The average Bonchev–Trinajstić information content (AvgIpc) is 3.85. The van der Waals surface area contributed by atoms with Crippen LogP contribution >= 0.6 is 0 Å². The molecule has 0 aliphatic carbocycles. The lowest BCUT2D eigenvalue weighted by Gasteiger charge is -2.15. The van der Waals surface area contributed by atoms with Crippen molar-refractivity contribution >= 4 is 65.6 Å². The van der Waals surface area contributed by atoms with E-state index in [9.17, 15) is 0 Å². The Morgan fingerprint density at radius 3 is 1.73 bits per heavy atom. The van der Waals surface area contributed by atoms with E-state index in [1.165, 1.54) is 32.6 Å². The molecule has 52 heavy (non-hydrogen) atoms. The summed E-state index contributed by atoms with van der Waals surface area (Å²) in [6.07, 6.45) is 1.88. The van der Waals surface area contributed by atoms with Gasteiger partial charge in [0.15, 0.2) is 0 Å². The van der Waals surface area contributed by atoms with Crippen molar-refractivity contribution in [2.45, 2.75) is 6.92 Å². The third kappa shape index (κ3) is 4.25. The van der Waals surface area contributed by atoms with E-state index < -0.39 is 0 Å². The molecule has 4 nitrogen and oxygen atoms in total. The number of pyridine rings is 1. The number of para-hydroxylation sites is 4. The number of fused-ring (bicyclic) bond motifs is 9. The van der Waals surface area contributed by atoms with E-state index in [-0.39, 0.29) is 0 Å². The Labute approximate surface area is 299 Å². The van der Waals surface area contributed by atoms with Crippen molar-refractivity contribution in [3.63, 3.8) is 0 Å². The maximum absolute atomic E-state index is 6.20. The normalized spacial score (nSPS) is 11.9. The fourth-order valence-electron chi connectivity index (χ4n) is 8.32. The van der Waals surface area contributed by atoms with Gasteiger partial charge in [0.1, 0.15) is 11.2 Å². The molecule has 11 rings (SSSR count). The number of rotatable bonds is 4. The highest BCUT2D eigenvalue weighted by atomic mass is 16.3. The van der Waals surface area contributed by atoms with Gasteiger partial charge in [-0.1, -0.05) is 84.9 Å². The summed E-state index contributed by atoms with van der Waals surface area (Å²) in [7, 11) is 0. The zero-order chi connectivity index (χ0) is 34.3. The third-order valence-corrected chi connectivity index (χ3v) is 10.7. The molecule has 0 unspecified atom stereocenters. The van der Waals surface area contributed by atoms with Crippen molar-refractivity contribution in [1.29, 1.82) is 0 Å². The van der Waals surface area contributed by atoms with Gasteiger partial charge in [-0.3, -0.25) is 4.98 Å². The molecule has 0 fully saturated rings. The second-order valence-corrected chi connectivity index (χ2v) is 13.7. The first kappa shape index (κ1) is 28.9. The van der Waals surface area contributed by atoms with Gasteiger partial charge in [0, 0.05) is 55.5 Å². The maximum atomic E-state index is 6.20. The second kappa shape index (κ2) is 11.0. The second-order valence-electron chi connectivity index (χ2n) is 13.7. The minimum atomic E-state index is 0.892. The highest BCUT2D eigenvalue weighted by Gasteiger charge is 2.18. The lowest BCUT2D eigenvalue weighted by atomic mass is 9.97. The van der Waals surface area contributed by atoms with Crippen LogP contribution in [0, 0.1) is 6.92 Å². The van der Waals surface area contributed by atoms with Gasteiger partial charge in [0.25, 0.3) is 0 Å². The molecule has 0 spiro atoms. The number of hydrogen-bond donors (Lipinski definition) is 0. The van der Waals surface area contributed by atoms with E-state index in [2.05, 4.69) is 162 Å². The topological polar surface area (TPSA) is 35.9 Å². The molecular weight excluding hydrogens is 635 g/mol. The zero-order valence-corrected chi connectivity index (χ0v) is 28.4. The van der Waals surface area contributed by atoms with Gasteiger partial charge in [-0.05, 0) is 102 Å². The van der Waals surface area contributed by atoms with Gasteiger partial charge in [0.2, 0.25) is 0 Å². The molecule has 0 radical (unpaired) electrons. The van der Waals surface area contributed by atoms with Gasteiger partial charge < -0.3 is 13.6 Å². The summed E-state index contributed by atoms with van der Waals surface area (Å²) in [6, 6.07) is 58.9. The van der Waals surface area contributed by atoms with Crippen LogP contribution < -0.4 is 0 Å². The number of furan rings is 1. The molecule has 244 valence electrons. The van der Waals surface area contributed by atoms with Crippen molar-refractivity contribution in [3.8, 4) is 33.8 Å². The van der Waals surface area contributed by atoms with E-state index in [0.29, 0.717) is 0 Å². The standard InChI is InChI=1S/C48H31N3O/c1-30-11-10-24-49-48(30)33-25-32(31-20-23-47-41(28-31)39-15-5-9-19-46(39)52-47)26-35(27-33)51-44-18-8-4-14-38(44)40-29-34(21-22-45(40)51)50-42-16-6-2-12-36(42)37-13-3-7-17-43(37)50/h2-29H,1H3. The van der Waals surface area contributed by atoms with Crippen LogP contribution in [0.5, 0.6) is 0 Å². The SMILES string of the molecule is Cc1cccnc1-c1cc(-c2ccc3oc4ccccc4c3c2)cc(-n2c3ccccc3c3cc(-n4c5ccccc5c5ccccc54)ccc32)c1. The van der Waals surface area contributed by atoms with E-state index in [0.717, 1.165) is 72.3 Å². The zero-order valence-electron chi connectivity index (χ0n) is 28.4.